The van der Waals surface area contributed by atoms with Crippen molar-refractivity contribution in [1.29, 1.82) is 0 Å². The molecule has 0 amide bonds. The molecule has 1 aromatic heterocycles. The molecule has 8 nitrogen and oxygen atoms in total. The minimum atomic E-state index is -1.81. The highest BCUT2D eigenvalue weighted by atomic mass is 127. The summed E-state index contributed by atoms with van der Waals surface area (Å²) in [5, 5.41) is 28.6. The molecule has 1 saturated heterocycles. The van der Waals surface area contributed by atoms with Gasteiger partial charge in [0.1, 0.15) is 11.7 Å². The summed E-state index contributed by atoms with van der Waals surface area (Å²) in [6.07, 6.45) is -1.40. The minimum Gasteiger partial charge on any atom is -0.393 e. The van der Waals surface area contributed by atoms with E-state index < -0.39 is 35.8 Å². The van der Waals surface area contributed by atoms with Crippen molar-refractivity contribution >= 4 is 22.6 Å². The van der Waals surface area contributed by atoms with Crippen LogP contribution in [0.3, 0.4) is 0 Å². The number of aromatic amines is 1. The van der Waals surface area contributed by atoms with E-state index in [-0.39, 0.29) is 10.2 Å². The fraction of sp³-hybridized carbons (Fsp3) is 0.556. The van der Waals surface area contributed by atoms with Crippen molar-refractivity contribution in [3.63, 3.8) is 0 Å². The van der Waals surface area contributed by atoms with Gasteiger partial charge in [0, 0.05) is 6.20 Å². The van der Waals surface area contributed by atoms with E-state index in [1.165, 1.54) is 6.20 Å². The third-order valence-corrected chi connectivity index (χ3v) is 3.57. The molecule has 0 aliphatic carbocycles. The summed E-state index contributed by atoms with van der Waals surface area (Å²) in [4.78, 5) is 24.9. The van der Waals surface area contributed by atoms with Crippen molar-refractivity contribution in [2.45, 2.75) is 17.9 Å². The SMILES string of the molecule is O=c1[nH]c(=O)n([C@@H]2OC[C@@](O)(CO)[C@H]2O)cc1I. The molecule has 3 atom stereocenters. The van der Waals surface area contributed by atoms with Crippen LogP contribution in [0, 0.1) is 3.57 Å². The van der Waals surface area contributed by atoms with Crippen LogP contribution in [0.25, 0.3) is 0 Å². The maximum atomic E-state index is 11.6. The summed E-state index contributed by atoms with van der Waals surface area (Å²) in [5.74, 6) is 0. The number of rotatable bonds is 2. The summed E-state index contributed by atoms with van der Waals surface area (Å²) >= 11 is 1.73. The first-order valence-corrected chi connectivity index (χ1v) is 6.11. The van der Waals surface area contributed by atoms with Crippen LogP contribution in [0.4, 0.5) is 0 Å². The highest BCUT2D eigenvalue weighted by molar-refractivity contribution is 14.1. The molecule has 0 saturated carbocycles. The molecule has 2 rings (SSSR count). The third kappa shape index (κ3) is 2.12. The topological polar surface area (TPSA) is 125 Å². The van der Waals surface area contributed by atoms with Crippen LogP contribution >= 0.6 is 22.6 Å². The van der Waals surface area contributed by atoms with Crippen LogP contribution in [-0.2, 0) is 4.74 Å². The maximum absolute atomic E-state index is 11.6. The molecule has 1 fully saturated rings. The van der Waals surface area contributed by atoms with Crippen molar-refractivity contribution in [2.24, 2.45) is 0 Å². The van der Waals surface area contributed by atoms with Gasteiger partial charge in [-0.05, 0) is 22.6 Å². The summed E-state index contributed by atoms with van der Waals surface area (Å²) < 4.78 is 6.32. The Morgan fingerprint density at radius 1 is 1.61 bits per heavy atom. The number of hydrogen-bond donors (Lipinski definition) is 4. The van der Waals surface area contributed by atoms with E-state index in [2.05, 4.69) is 4.98 Å². The van der Waals surface area contributed by atoms with Gasteiger partial charge in [-0.25, -0.2) is 4.79 Å². The number of aliphatic hydroxyl groups excluding tert-OH is 2. The van der Waals surface area contributed by atoms with E-state index in [9.17, 15) is 19.8 Å². The van der Waals surface area contributed by atoms with Crippen molar-refractivity contribution in [2.75, 3.05) is 13.2 Å². The monoisotopic (exact) mass is 370 g/mol. The molecule has 0 bridgehead atoms. The van der Waals surface area contributed by atoms with Crippen LogP contribution in [0.15, 0.2) is 15.8 Å². The number of halogens is 1. The van der Waals surface area contributed by atoms with Gasteiger partial charge >= 0.3 is 5.69 Å². The molecule has 1 aliphatic rings. The molecule has 0 radical (unpaired) electrons. The maximum Gasteiger partial charge on any atom is 0.330 e. The molecule has 0 aromatic carbocycles. The Balaban J connectivity index is 2.43. The predicted molar refractivity (Wildman–Crippen MR) is 67.1 cm³/mol. The van der Waals surface area contributed by atoms with Crippen molar-refractivity contribution in [1.82, 2.24) is 9.55 Å². The van der Waals surface area contributed by atoms with E-state index >= 15 is 0 Å². The number of aromatic nitrogens is 2. The van der Waals surface area contributed by atoms with E-state index in [1.54, 1.807) is 22.6 Å². The number of H-pyrrole nitrogens is 1. The van der Waals surface area contributed by atoms with E-state index in [1.807, 2.05) is 0 Å². The van der Waals surface area contributed by atoms with Crippen LogP contribution in [0.1, 0.15) is 6.23 Å². The summed E-state index contributed by atoms with van der Waals surface area (Å²) in [5.41, 5.74) is -3.11. The van der Waals surface area contributed by atoms with Crippen molar-refractivity contribution < 1.29 is 20.1 Å². The van der Waals surface area contributed by atoms with Gasteiger partial charge in [-0.3, -0.25) is 14.3 Å². The van der Waals surface area contributed by atoms with Crippen molar-refractivity contribution in [3.05, 3.63) is 30.6 Å². The number of nitrogens with one attached hydrogen (secondary N) is 1. The second-order valence-corrected chi connectivity index (χ2v) is 5.21. The molecule has 2 heterocycles. The first-order chi connectivity index (χ1) is 8.39. The average molecular weight is 370 g/mol. The standard InChI is InChI=1S/C9H11IN2O6/c10-4-1-12(8(16)11-6(4)15)7-5(14)9(17,2-13)3-18-7/h1,5,7,13-14,17H,2-3H2,(H,11,15,16)/t5-,7+,9-/m0/s1. The van der Waals surface area contributed by atoms with Gasteiger partial charge in [0.2, 0.25) is 0 Å². The second kappa shape index (κ2) is 4.74. The first-order valence-electron chi connectivity index (χ1n) is 5.03. The van der Waals surface area contributed by atoms with Gasteiger partial charge in [0.15, 0.2) is 6.23 Å². The predicted octanol–water partition coefficient (Wildman–Crippen LogP) is -2.25. The molecule has 0 unspecified atom stereocenters. The van der Waals surface area contributed by atoms with Gasteiger partial charge in [-0.2, -0.15) is 0 Å². The van der Waals surface area contributed by atoms with E-state index in [0.29, 0.717) is 0 Å². The number of aliphatic hydroxyl groups is 3. The number of nitrogens with zero attached hydrogens (tertiary/aromatic N) is 1. The lowest BCUT2D eigenvalue weighted by atomic mass is 10.0. The molecule has 100 valence electrons. The molecular weight excluding hydrogens is 359 g/mol. The zero-order valence-electron chi connectivity index (χ0n) is 9.04. The van der Waals surface area contributed by atoms with Gasteiger partial charge in [0.05, 0.1) is 16.8 Å². The fourth-order valence-corrected chi connectivity index (χ4v) is 2.13. The van der Waals surface area contributed by atoms with E-state index in [0.717, 1.165) is 4.57 Å². The molecular formula is C9H11IN2O6. The Kier molecular flexibility index (Phi) is 3.60. The molecule has 9 heteroatoms. The van der Waals surface area contributed by atoms with Gasteiger partial charge in [0.25, 0.3) is 5.56 Å². The summed E-state index contributed by atoms with van der Waals surface area (Å²) in [6, 6.07) is 0. The largest absolute Gasteiger partial charge is 0.393 e. The Labute approximate surface area is 114 Å². The second-order valence-electron chi connectivity index (χ2n) is 4.05. The van der Waals surface area contributed by atoms with Gasteiger partial charge in [-0.1, -0.05) is 0 Å². The Morgan fingerprint density at radius 3 is 2.83 bits per heavy atom. The number of hydrogen-bond acceptors (Lipinski definition) is 6. The third-order valence-electron chi connectivity index (χ3n) is 2.80. The van der Waals surface area contributed by atoms with Crippen LogP contribution in [0.2, 0.25) is 0 Å². The lowest BCUT2D eigenvalue weighted by molar-refractivity contribution is -0.0882. The highest BCUT2D eigenvalue weighted by Crippen LogP contribution is 2.30. The highest BCUT2D eigenvalue weighted by Gasteiger charge is 2.48. The zero-order valence-corrected chi connectivity index (χ0v) is 11.2. The Morgan fingerprint density at radius 2 is 2.28 bits per heavy atom. The van der Waals surface area contributed by atoms with Crippen molar-refractivity contribution in [3.8, 4) is 0 Å². The Bertz CT molecular complexity index is 569. The summed E-state index contributed by atoms with van der Waals surface area (Å²) in [6.45, 7) is -1.00. The van der Waals surface area contributed by atoms with E-state index in [4.69, 9.17) is 9.84 Å². The zero-order chi connectivity index (χ0) is 13.5. The van der Waals surface area contributed by atoms with Crippen LogP contribution in [-0.4, -0.2) is 49.8 Å². The number of ether oxygens (including phenoxy) is 1. The normalized spacial score (nSPS) is 31.8. The quantitative estimate of drug-likeness (QED) is 0.436. The first kappa shape index (κ1) is 13.7. The minimum absolute atomic E-state index is 0.238. The molecule has 1 aliphatic heterocycles. The van der Waals surface area contributed by atoms with Crippen LogP contribution in [0.5, 0.6) is 0 Å². The summed E-state index contributed by atoms with van der Waals surface area (Å²) in [7, 11) is 0. The lowest BCUT2D eigenvalue weighted by Crippen LogP contribution is -2.47. The molecule has 1 aromatic rings. The average Bonchev–Trinajstić information content (AvgIpc) is 2.62. The van der Waals surface area contributed by atoms with Gasteiger partial charge in [-0.15, -0.1) is 0 Å². The molecule has 0 spiro atoms. The Hall–Kier alpha value is -0.750. The molecule has 4 N–H and O–H groups in total. The van der Waals surface area contributed by atoms with Crippen LogP contribution < -0.4 is 11.2 Å². The fourth-order valence-electron chi connectivity index (χ4n) is 1.69. The van der Waals surface area contributed by atoms with Gasteiger partial charge < -0.3 is 20.1 Å². The molecule has 18 heavy (non-hydrogen) atoms. The lowest BCUT2D eigenvalue weighted by Gasteiger charge is -2.24. The smallest absolute Gasteiger partial charge is 0.330 e.